The molecule has 126 valence electrons. The van der Waals surface area contributed by atoms with Crippen LogP contribution in [0.25, 0.3) is 21.8 Å². The lowest BCUT2D eigenvalue weighted by Crippen LogP contribution is -1.98. The minimum absolute atomic E-state index is 0.718. The van der Waals surface area contributed by atoms with Crippen LogP contribution in [0.3, 0.4) is 0 Å². The predicted octanol–water partition coefficient (Wildman–Crippen LogP) is 4.93. The third kappa shape index (κ3) is 2.69. The van der Waals surface area contributed by atoms with Gasteiger partial charge in [-0.25, -0.2) is 4.98 Å². The molecule has 0 aliphatic carbocycles. The van der Waals surface area contributed by atoms with E-state index >= 15 is 0 Å². The molecule has 1 aromatic carbocycles. The van der Waals surface area contributed by atoms with Crippen molar-refractivity contribution in [2.45, 2.75) is 27.3 Å². The number of aryl methyl sites for hydroxylation is 1. The van der Waals surface area contributed by atoms with Crippen molar-refractivity contribution in [1.82, 2.24) is 9.55 Å². The highest BCUT2D eigenvalue weighted by Gasteiger charge is 2.17. The lowest BCUT2D eigenvalue weighted by atomic mass is 10.1. The molecule has 0 fully saturated rings. The SMILES string of the molecule is CCn1c(C)cc(-c2csc(-c3cccc(OC)c3OC)n2)c1C. The van der Waals surface area contributed by atoms with E-state index in [2.05, 4.69) is 36.8 Å². The molecule has 2 heterocycles. The van der Waals surface area contributed by atoms with Gasteiger partial charge in [0.15, 0.2) is 11.5 Å². The molecule has 24 heavy (non-hydrogen) atoms. The van der Waals surface area contributed by atoms with Crippen molar-refractivity contribution in [2.24, 2.45) is 0 Å². The van der Waals surface area contributed by atoms with E-state index in [1.807, 2.05) is 18.2 Å². The monoisotopic (exact) mass is 342 g/mol. The first-order valence-electron chi connectivity index (χ1n) is 7.94. The van der Waals surface area contributed by atoms with Gasteiger partial charge >= 0.3 is 0 Å². The van der Waals surface area contributed by atoms with E-state index in [1.165, 1.54) is 17.0 Å². The molecule has 0 aliphatic heterocycles. The van der Waals surface area contributed by atoms with E-state index in [0.717, 1.165) is 34.3 Å². The Morgan fingerprint density at radius 2 is 1.92 bits per heavy atom. The van der Waals surface area contributed by atoms with E-state index in [4.69, 9.17) is 14.5 Å². The first-order valence-corrected chi connectivity index (χ1v) is 8.82. The van der Waals surface area contributed by atoms with Gasteiger partial charge in [0.25, 0.3) is 0 Å². The molecular weight excluding hydrogens is 320 g/mol. The van der Waals surface area contributed by atoms with Crippen molar-refractivity contribution in [3.8, 4) is 33.3 Å². The fourth-order valence-corrected chi connectivity index (χ4v) is 3.97. The highest BCUT2D eigenvalue weighted by molar-refractivity contribution is 7.13. The first-order chi connectivity index (χ1) is 11.6. The molecule has 0 N–H and O–H groups in total. The molecule has 5 heteroatoms. The number of benzene rings is 1. The molecule has 0 radical (unpaired) electrons. The van der Waals surface area contributed by atoms with Gasteiger partial charge in [0, 0.05) is 28.9 Å². The molecule has 0 saturated heterocycles. The Kier molecular flexibility index (Phi) is 4.62. The summed E-state index contributed by atoms with van der Waals surface area (Å²) in [6, 6.07) is 8.08. The third-order valence-corrected chi connectivity index (χ3v) is 5.18. The van der Waals surface area contributed by atoms with Crippen molar-refractivity contribution >= 4 is 11.3 Å². The molecule has 0 saturated carbocycles. The highest BCUT2D eigenvalue weighted by atomic mass is 32.1. The molecule has 4 nitrogen and oxygen atoms in total. The van der Waals surface area contributed by atoms with Crippen molar-refractivity contribution in [2.75, 3.05) is 14.2 Å². The second-order valence-corrected chi connectivity index (χ2v) is 6.47. The van der Waals surface area contributed by atoms with E-state index in [9.17, 15) is 0 Å². The average Bonchev–Trinajstić information content (AvgIpc) is 3.18. The number of hydrogen-bond acceptors (Lipinski definition) is 4. The van der Waals surface area contributed by atoms with Gasteiger partial charge in [-0.15, -0.1) is 11.3 Å². The van der Waals surface area contributed by atoms with E-state index in [-0.39, 0.29) is 0 Å². The molecule has 0 aliphatic rings. The van der Waals surface area contributed by atoms with E-state index < -0.39 is 0 Å². The van der Waals surface area contributed by atoms with Crippen molar-refractivity contribution in [3.63, 3.8) is 0 Å². The van der Waals surface area contributed by atoms with Crippen LogP contribution in [0.5, 0.6) is 11.5 Å². The van der Waals surface area contributed by atoms with Gasteiger partial charge in [0.2, 0.25) is 0 Å². The second kappa shape index (κ2) is 6.69. The Morgan fingerprint density at radius 1 is 1.12 bits per heavy atom. The van der Waals surface area contributed by atoms with Gasteiger partial charge in [-0.3, -0.25) is 0 Å². The summed E-state index contributed by atoms with van der Waals surface area (Å²) in [5, 5.41) is 3.04. The summed E-state index contributed by atoms with van der Waals surface area (Å²) in [4.78, 5) is 4.85. The molecule has 0 atom stereocenters. The average molecular weight is 342 g/mol. The van der Waals surface area contributed by atoms with Gasteiger partial charge in [-0.1, -0.05) is 6.07 Å². The normalized spacial score (nSPS) is 10.9. The van der Waals surface area contributed by atoms with Crippen molar-refractivity contribution in [3.05, 3.63) is 41.0 Å². The summed E-state index contributed by atoms with van der Waals surface area (Å²) in [5.74, 6) is 1.44. The minimum atomic E-state index is 0.718. The lowest BCUT2D eigenvalue weighted by Gasteiger charge is -2.10. The number of nitrogens with zero attached hydrogens (tertiary/aromatic N) is 2. The van der Waals surface area contributed by atoms with Crippen molar-refractivity contribution < 1.29 is 9.47 Å². The summed E-state index contributed by atoms with van der Waals surface area (Å²) in [7, 11) is 3.30. The molecule has 3 aromatic rings. The van der Waals surface area contributed by atoms with Crippen LogP contribution in [0.2, 0.25) is 0 Å². The summed E-state index contributed by atoms with van der Waals surface area (Å²) in [6.45, 7) is 7.42. The number of methoxy groups -OCH3 is 2. The fourth-order valence-electron chi connectivity index (χ4n) is 3.12. The zero-order valence-electron chi connectivity index (χ0n) is 14.7. The third-order valence-electron chi connectivity index (χ3n) is 4.30. The van der Waals surface area contributed by atoms with Gasteiger partial charge in [0.05, 0.1) is 25.5 Å². The largest absolute Gasteiger partial charge is 0.493 e. The summed E-state index contributed by atoms with van der Waals surface area (Å²) in [5.41, 5.74) is 5.67. The summed E-state index contributed by atoms with van der Waals surface area (Å²) >= 11 is 1.62. The maximum atomic E-state index is 5.54. The number of para-hydroxylation sites is 1. The standard InChI is InChI=1S/C19H22N2O2S/c1-6-21-12(2)10-15(13(21)3)16-11-24-19(20-16)14-8-7-9-17(22-4)18(14)23-5/h7-11H,6H2,1-5H3. The molecular formula is C19H22N2O2S. The summed E-state index contributed by atoms with van der Waals surface area (Å²) in [6.07, 6.45) is 0. The van der Waals surface area contributed by atoms with Crippen LogP contribution in [0.1, 0.15) is 18.3 Å². The molecule has 3 rings (SSSR count). The highest BCUT2D eigenvalue weighted by Crippen LogP contribution is 2.40. The van der Waals surface area contributed by atoms with Gasteiger partial charge in [-0.2, -0.15) is 0 Å². The van der Waals surface area contributed by atoms with Crippen LogP contribution in [-0.4, -0.2) is 23.8 Å². The molecule has 0 spiro atoms. The Labute approximate surface area is 146 Å². The van der Waals surface area contributed by atoms with Gasteiger partial charge in [-0.05, 0) is 39.0 Å². The number of hydrogen-bond donors (Lipinski definition) is 0. The quantitative estimate of drug-likeness (QED) is 0.659. The van der Waals surface area contributed by atoms with Crippen LogP contribution < -0.4 is 9.47 Å². The topological polar surface area (TPSA) is 36.3 Å². The summed E-state index contributed by atoms with van der Waals surface area (Å²) < 4.78 is 13.2. The zero-order valence-corrected chi connectivity index (χ0v) is 15.5. The van der Waals surface area contributed by atoms with Crippen LogP contribution in [0.15, 0.2) is 29.6 Å². The molecule has 0 amide bonds. The van der Waals surface area contributed by atoms with Crippen molar-refractivity contribution in [1.29, 1.82) is 0 Å². The second-order valence-electron chi connectivity index (χ2n) is 5.61. The number of rotatable bonds is 5. The van der Waals surface area contributed by atoms with Gasteiger partial charge < -0.3 is 14.0 Å². The Hall–Kier alpha value is -2.27. The smallest absolute Gasteiger partial charge is 0.170 e. The Balaban J connectivity index is 2.07. The van der Waals surface area contributed by atoms with Crippen LogP contribution in [-0.2, 0) is 6.54 Å². The number of thiazole rings is 1. The maximum absolute atomic E-state index is 5.54. The first kappa shape index (κ1) is 16.6. The Morgan fingerprint density at radius 3 is 2.54 bits per heavy atom. The van der Waals surface area contributed by atoms with Crippen LogP contribution >= 0.6 is 11.3 Å². The lowest BCUT2D eigenvalue weighted by molar-refractivity contribution is 0.356. The predicted molar refractivity (Wildman–Crippen MR) is 99.2 cm³/mol. The zero-order chi connectivity index (χ0) is 17.3. The van der Waals surface area contributed by atoms with Gasteiger partial charge in [0.1, 0.15) is 5.01 Å². The minimum Gasteiger partial charge on any atom is -0.493 e. The molecule has 0 bridgehead atoms. The molecule has 2 aromatic heterocycles. The van der Waals surface area contributed by atoms with Crippen LogP contribution in [0.4, 0.5) is 0 Å². The van der Waals surface area contributed by atoms with E-state index in [0.29, 0.717) is 0 Å². The van der Waals surface area contributed by atoms with E-state index in [1.54, 1.807) is 25.6 Å². The Bertz CT molecular complexity index is 864. The fraction of sp³-hybridized carbons (Fsp3) is 0.316. The maximum Gasteiger partial charge on any atom is 0.170 e. The van der Waals surface area contributed by atoms with Crippen LogP contribution in [0, 0.1) is 13.8 Å². The number of ether oxygens (including phenoxy) is 2. The number of aromatic nitrogens is 2. The molecule has 0 unspecified atom stereocenters.